The first-order chi connectivity index (χ1) is 7.13. The molecule has 0 fully saturated rings. The van der Waals surface area contributed by atoms with E-state index >= 15 is 0 Å². The number of rotatable bonds is 4. The molecule has 0 aliphatic heterocycles. The first-order valence-corrected chi connectivity index (χ1v) is 4.87. The zero-order valence-corrected chi connectivity index (χ0v) is 8.99. The maximum Gasteiger partial charge on any atom is 0.221 e. The molecule has 15 heavy (non-hydrogen) atoms. The number of hydrogen-bond donors (Lipinski definition) is 2. The largest absolute Gasteiger partial charge is 0.487 e. The Morgan fingerprint density at radius 3 is 2.80 bits per heavy atom. The van der Waals surface area contributed by atoms with E-state index < -0.39 is 0 Å². The molecule has 0 saturated heterocycles. The molecule has 4 heteroatoms. The van der Waals surface area contributed by atoms with E-state index in [9.17, 15) is 4.79 Å². The summed E-state index contributed by atoms with van der Waals surface area (Å²) < 4.78 is 5.56. The standard InChI is InChI=1S/C11H16N2O2/c1-8(7-12)15-11-6-4-3-5-10(11)13-9(2)14/h3-6,8H,7,12H2,1-2H3,(H,13,14). The Morgan fingerprint density at radius 1 is 1.53 bits per heavy atom. The molecular weight excluding hydrogens is 192 g/mol. The number of ether oxygens (including phenoxy) is 1. The van der Waals surface area contributed by atoms with Crippen molar-refractivity contribution < 1.29 is 9.53 Å². The number of hydrogen-bond acceptors (Lipinski definition) is 3. The number of benzene rings is 1. The van der Waals surface area contributed by atoms with Gasteiger partial charge in [-0.15, -0.1) is 0 Å². The molecule has 0 radical (unpaired) electrons. The number of nitrogens with one attached hydrogen (secondary N) is 1. The van der Waals surface area contributed by atoms with Gasteiger partial charge >= 0.3 is 0 Å². The Kier molecular flexibility index (Phi) is 4.12. The van der Waals surface area contributed by atoms with Gasteiger partial charge in [0.25, 0.3) is 0 Å². The highest BCUT2D eigenvalue weighted by Crippen LogP contribution is 2.24. The van der Waals surface area contributed by atoms with E-state index in [0.29, 0.717) is 18.0 Å². The molecule has 4 nitrogen and oxygen atoms in total. The van der Waals surface area contributed by atoms with E-state index in [-0.39, 0.29) is 12.0 Å². The van der Waals surface area contributed by atoms with Gasteiger partial charge in [-0.3, -0.25) is 4.79 Å². The van der Waals surface area contributed by atoms with Gasteiger partial charge < -0.3 is 15.8 Å². The van der Waals surface area contributed by atoms with Crippen molar-refractivity contribution in [3.63, 3.8) is 0 Å². The SMILES string of the molecule is CC(=O)Nc1ccccc1OC(C)CN. The van der Waals surface area contributed by atoms with Gasteiger partial charge in [0.15, 0.2) is 0 Å². The van der Waals surface area contributed by atoms with Crippen molar-refractivity contribution in [3.05, 3.63) is 24.3 Å². The minimum Gasteiger partial charge on any atom is -0.487 e. The Labute approximate surface area is 89.4 Å². The maximum absolute atomic E-state index is 10.9. The monoisotopic (exact) mass is 208 g/mol. The Balaban J connectivity index is 2.81. The first kappa shape index (κ1) is 11.5. The van der Waals surface area contributed by atoms with Gasteiger partial charge in [0, 0.05) is 13.5 Å². The molecule has 1 rings (SSSR count). The van der Waals surface area contributed by atoms with Crippen molar-refractivity contribution >= 4 is 11.6 Å². The fourth-order valence-electron chi connectivity index (χ4n) is 1.13. The summed E-state index contributed by atoms with van der Waals surface area (Å²) in [4.78, 5) is 10.9. The molecule has 1 aromatic rings. The normalized spacial score (nSPS) is 11.9. The highest BCUT2D eigenvalue weighted by molar-refractivity contribution is 5.90. The maximum atomic E-state index is 10.9. The van der Waals surface area contributed by atoms with E-state index in [4.69, 9.17) is 10.5 Å². The summed E-state index contributed by atoms with van der Waals surface area (Å²) in [6.45, 7) is 3.78. The Bertz CT molecular complexity index is 339. The molecule has 0 saturated carbocycles. The number of carbonyl (C=O) groups excluding carboxylic acids is 1. The van der Waals surface area contributed by atoms with E-state index in [2.05, 4.69) is 5.32 Å². The highest BCUT2D eigenvalue weighted by atomic mass is 16.5. The number of amides is 1. The summed E-state index contributed by atoms with van der Waals surface area (Å²) in [5.41, 5.74) is 6.13. The average molecular weight is 208 g/mol. The van der Waals surface area contributed by atoms with Crippen LogP contribution in [0.25, 0.3) is 0 Å². The van der Waals surface area contributed by atoms with Crippen LogP contribution in [0.3, 0.4) is 0 Å². The summed E-state index contributed by atoms with van der Waals surface area (Å²) >= 11 is 0. The van der Waals surface area contributed by atoms with Gasteiger partial charge in [0.1, 0.15) is 11.9 Å². The van der Waals surface area contributed by atoms with Crippen LogP contribution in [0.5, 0.6) is 5.75 Å². The van der Waals surface area contributed by atoms with Crippen LogP contribution in [0, 0.1) is 0 Å². The first-order valence-electron chi connectivity index (χ1n) is 4.87. The van der Waals surface area contributed by atoms with Gasteiger partial charge in [-0.1, -0.05) is 12.1 Å². The minimum absolute atomic E-state index is 0.0695. The average Bonchev–Trinajstić information content (AvgIpc) is 2.20. The highest BCUT2D eigenvalue weighted by Gasteiger charge is 2.07. The van der Waals surface area contributed by atoms with Crippen molar-refractivity contribution in [1.82, 2.24) is 0 Å². The van der Waals surface area contributed by atoms with Gasteiger partial charge in [0.2, 0.25) is 5.91 Å². The number of nitrogens with two attached hydrogens (primary N) is 1. The van der Waals surface area contributed by atoms with Crippen LogP contribution in [0.4, 0.5) is 5.69 Å². The predicted octanol–water partition coefficient (Wildman–Crippen LogP) is 1.37. The lowest BCUT2D eigenvalue weighted by Crippen LogP contribution is -2.23. The van der Waals surface area contributed by atoms with Crippen molar-refractivity contribution in [2.24, 2.45) is 5.73 Å². The number of para-hydroxylation sites is 2. The van der Waals surface area contributed by atoms with Gasteiger partial charge in [-0.2, -0.15) is 0 Å². The predicted molar refractivity (Wildman–Crippen MR) is 59.9 cm³/mol. The molecule has 3 N–H and O–H groups in total. The van der Waals surface area contributed by atoms with Gasteiger partial charge in [0.05, 0.1) is 5.69 Å². The van der Waals surface area contributed by atoms with Crippen LogP contribution in [0.1, 0.15) is 13.8 Å². The molecular formula is C11H16N2O2. The molecule has 1 amide bonds. The minimum atomic E-state index is -0.119. The summed E-state index contributed by atoms with van der Waals surface area (Å²) in [6, 6.07) is 7.28. The Hall–Kier alpha value is -1.55. The fraction of sp³-hybridized carbons (Fsp3) is 0.364. The second kappa shape index (κ2) is 5.36. The third-order valence-electron chi connectivity index (χ3n) is 1.86. The van der Waals surface area contributed by atoms with E-state index in [1.54, 1.807) is 12.1 Å². The molecule has 0 heterocycles. The van der Waals surface area contributed by atoms with Crippen LogP contribution in [0.15, 0.2) is 24.3 Å². The third kappa shape index (κ3) is 3.59. The Morgan fingerprint density at radius 2 is 2.20 bits per heavy atom. The summed E-state index contributed by atoms with van der Waals surface area (Å²) in [7, 11) is 0. The van der Waals surface area contributed by atoms with Crippen LogP contribution in [-0.4, -0.2) is 18.6 Å². The summed E-state index contributed by atoms with van der Waals surface area (Å²) in [5, 5.41) is 2.70. The van der Waals surface area contributed by atoms with Gasteiger partial charge in [-0.05, 0) is 19.1 Å². The van der Waals surface area contributed by atoms with Crippen molar-refractivity contribution in [2.75, 3.05) is 11.9 Å². The summed E-state index contributed by atoms with van der Waals surface area (Å²) in [6.07, 6.45) is -0.0695. The van der Waals surface area contributed by atoms with Crippen LogP contribution in [-0.2, 0) is 4.79 Å². The number of anilines is 1. The van der Waals surface area contributed by atoms with E-state index in [0.717, 1.165) is 0 Å². The molecule has 0 aliphatic carbocycles. The van der Waals surface area contributed by atoms with Crippen molar-refractivity contribution in [3.8, 4) is 5.75 Å². The van der Waals surface area contributed by atoms with Crippen LogP contribution >= 0.6 is 0 Å². The molecule has 1 aromatic carbocycles. The molecule has 1 atom stereocenters. The molecule has 0 aliphatic rings. The van der Waals surface area contributed by atoms with Crippen LogP contribution in [0.2, 0.25) is 0 Å². The topological polar surface area (TPSA) is 64.3 Å². The molecule has 82 valence electrons. The lowest BCUT2D eigenvalue weighted by Gasteiger charge is -2.15. The third-order valence-corrected chi connectivity index (χ3v) is 1.86. The molecule has 0 bridgehead atoms. The zero-order chi connectivity index (χ0) is 11.3. The lowest BCUT2D eigenvalue weighted by molar-refractivity contribution is -0.114. The molecule has 0 spiro atoms. The van der Waals surface area contributed by atoms with Gasteiger partial charge in [-0.25, -0.2) is 0 Å². The van der Waals surface area contributed by atoms with Crippen LogP contribution < -0.4 is 15.8 Å². The second-order valence-electron chi connectivity index (χ2n) is 3.34. The van der Waals surface area contributed by atoms with E-state index in [1.165, 1.54) is 6.92 Å². The lowest BCUT2D eigenvalue weighted by atomic mass is 10.3. The van der Waals surface area contributed by atoms with E-state index in [1.807, 2.05) is 19.1 Å². The second-order valence-corrected chi connectivity index (χ2v) is 3.34. The zero-order valence-electron chi connectivity index (χ0n) is 8.99. The van der Waals surface area contributed by atoms with Crippen molar-refractivity contribution in [2.45, 2.75) is 20.0 Å². The number of carbonyl (C=O) groups is 1. The molecule has 0 aromatic heterocycles. The molecule has 1 unspecified atom stereocenters. The smallest absolute Gasteiger partial charge is 0.221 e. The summed E-state index contributed by atoms with van der Waals surface area (Å²) in [5.74, 6) is 0.525. The van der Waals surface area contributed by atoms with Crippen molar-refractivity contribution in [1.29, 1.82) is 0 Å². The fourth-order valence-corrected chi connectivity index (χ4v) is 1.13. The quantitative estimate of drug-likeness (QED) is 0.785.